The average molecular weight is 244 g/mol. The topological polar surface area (TPSA) is 77.8 Å². The average Bonchev–Trinajstić information content (AvgIpc) is 2.27. The van der Waals surface area contributed by atoms with Crippen molar-refractivity contribution in [3.8, 4) is 11.5 Å². The summed E-state index contributed by atoms with van der Waals surface area (Å²) in [6.07, 6.45) is -0.302. The summed E-state index contributed by atoms with van der Waals surface area (Å²) in [5, 5.41) is 30.4. The van der Waals surface area contributed by atoms with Crippen LogP contribution >= 0.6 is 0 Å². The van der Waals surface area contributed by atoms with E-state index in [-0.39, 0.29) is 23.7 Å². The number of aliphatic hydroxyl groups excluding tert-OH is 1. The van der Waals surface area contributed by atoms with Crippen molar-refractivity contribution in [3.63, 3.8) is 0 Å². The summed E-state index contributed by atoms with van der Waals surface area (Å²) in [4.78, 5) is 11.9. The molecule has 3 N–H and O–H groups in total. The van der Waals surface area contributed by atoms with E-state index < -0.39 is 6.10 Å². The summed E-state index contributed by atoms with van der Waals surface area (Å²) < 4.78 is 0. The molecule has 4 nitrogen and oxygen atoms in total. The number of phenols is 2. The molecule has 0 spiro atoms. The molecule has 0 saturated heterocycles. The highest BCUT2D eigenvalue weighted by Gasteiger charge is 2.27. The molecule has 2 aromatic rings. The van der Waals surface area contributed by atoms with Gasteiger partial charge in [0.15, 0.2) is 5.78 Å². The zero-order chi connectivity index (χ0) is 12.9. The molecular weight excluding hydrogens is 232 g/mol. The number of hydrogen-bond acceptors (Lipinski definition) is 4. The number of Topliss-reactive ketones (excluding diaryl/α,β-unsaturated/α-hetero) is 1. The molecule has 0 bridgehead atoms. The predicted molar refractivity (Wildman–Crippen MR) is 65.9 cm³/mol. The molecule has 1 aliphatic carbocycles. The van der Waals surface area contributed by atoms with E-state index in [4.69, 9.17) is 0 Å². The molecule has 0 aromatic heterocycles. The Morgan fingerprint density at radius 2 is 1.89 bits per heavy atom. The van der Waals surface area contributed by atoms with Crippen LogP contribution in [0, 0.1) is 0 Å². The Balaban J connectivity index is 2.34. The molecule has 0 saturated carbocycles. The van der Waals surface area contributed by atoms with Crippen LogP contribution in [0.1, 0.15) is 22.3 Å². The normalized spacial score (nSPS) is 18.9. The van der Waals surface area contributed by atoms with E-state index in [2.05, 4.69) is 0 Å². The van der Waals surface area contributed by atoms with E-state index in [1.165, 1.54) is 12.1 Å². The molecule has 1 atom stereocenters. The number of aliphatic hydroxyl groups is 1. The molecular formula is C14H12O4. The number of aromatic hydroxyl groups is 2. The van der Waals surface area contributed by atoms with Crippen molar-refractivity contribution in [2.45, 2.75) is 18.9 Å². The second-order valence-corrected chi connectivity index (χ2v) is 4.65. The summed E-state index contributed by atoms with van der Waals surface area (Å²) in [6.45, 7) is 0. The van der Waals surface area contributed by atoms with Crippen LogP contribution in [0.25, 0.3) is 10.8 Å². The van der Waals surface area contributed by atoms with Gasteiger partial charge >= 0.3 is 0 Å². The summed E-state index contributed by atoms with van der Waals surface area (Å²) in [5.74, 6) is -0.194. The van der Waals surface area contributed by atoms with Crippen LogP contribution < -0.4 is 0 Å². The Morgan fingerprint density at radius 3 is 2.67 bits per heavy atom. The maximum atomic E-state index is 11.9. The van der Waals surface area contributed by atoms with Gasteiger partial charge in [-0.2, -0.15) is 0 Å². The molecule has 92 valence electrons. The third-order valence-corrected chi connectivity index (χ3v) is 3.33. The number of benzene rings is 2. The van der Waals surface area contributed by atoms with Crippen LogP contribution in [0.2, 0.25) is 0 Å². The highest BCUT2D eigenvalue weighted by molar-refractivity contribution is 6.07. The van der Waals surface area contributed by atoms with Gasteiger partial charge in [0, 0.05) is 11.8 Å². The van der Waals surface area contributed by atoms with Crippen molar-refractivity contribution < 1.29 is 20.1 Å². The highest BCUT2D eigenvalue weighted by atomic mass is 16.3. The lowest BCUT2D eigenvalue weighted by Crippen LogP contribution is -2.24. The number of carbonyl (C=O) groups is 1. The summed E-state index contributed by atoms with van der Waals surface area (Å²) >= 11 is 0. The standard InChI is InChI=1S/C14H12O4/c15-9-1-2-11-7(4-9)3-8-5-10(16)6-12(17)13(8)14(11)18/h1-4,10,15-16,18H,5-6H2/t10-/m0/s1. The van der Waals surface area contributed by atoms with Crippen LogP contribution in [0.3, 0.4) is 0 Å². The van der Waals surface area contributed by atoms with Crippen molar-refractivity contribution in [2.24, 2.45) is 0 Å². The second kappa shape index (κ2) is 3.71. The van der Waals surface area contributed by atoms with Gasteiger partial charge in [-0.05, 0) is 41.6 Å². The van der Waals surface area contributed by atoms with Crippen molar-refractivity contribution in [2.75, 3.05) is 0 Å². The van der Waals surface area contributed by atoms with E-state index in [0.29, 0.717) is 28.3 Å². The lowest BCUT2D eigenvalue weighted by Gasteiger charge is -2.21. The minimum atomic E-state index is -0.695. The minimum absolute atomic E-state index is 0.0458. The van der Waals surface area contributed by atoms with E-state index in [1.54, 1.807) is 12.1 Å². The first-order valence-electron chi connectivity index (χ1n) is 5.75. The molecule has 0 fully saturated rings. The minimum Gasteiger partial charge on any atom is -0.508 e. The quantitative estimate of drug-likeness (QED) is 0.659. The number of fused-ring (bicyclic) bond motifs is 2. The fourth-order valence-electron chi connectivity index (χ4n) is 2.55. The van der Waals surface area contributed by atoms with Gasteiger partial charge in [0.2, 0.25) is 0 Å². The zero-order valence-electron chi connectivity index (χ0n) is 9.55. The first kappa shape index (κ1) is 11.0. The Kier molecular flexibility index (Phi) is 2.28. The second-order valence-electron chi connectivity index (χ2n) is 4.65. The molecule has 2 aromatic carbocycles. The SMILES string of the molecule is O=C1C[C@@H](O)Cc2cc3cc(O)ccc3c(O)c21. The third-order valence-electron chi connectivity index (χ3n) is 3.33. The summed E-state index contributed by atoms with van der Waals surface area (Å²) in [7, 11) is 0. The van der Waals surface area contributed by atoms with Crippen molar-refractivity contribution in [1.82, 2.24) is 0 Å². The van der Waals surface area contributed by atoms with Gasteiger partial charge in [-0.15, -0.1) is 0 Å². The van der Waals surface area contributed by atoms with E-state index in [1.807, 2.05) is 0 Å². The van der Waals surface area contributed by atoms with Gasteiger partial charge in [0.05, 0.1) is 11.7 Å². The fraction of sp³-hybridized carbons (Fsp3) is 0.214. The van der Waals surface area contributed by atoms with Crippen molar-refractivity contribution >= 4 is 16.6 Å². The van der Waals surface area contributed by atoms with Gasteiger partial charge in [-0.3, -0.25) is 4.79 Å². The fourth-order valence-corrected chi connectivity index (χ4v) is 2.55. The molecule has 18 heavy (non-hydrogen) atoms. The van der Waals surface area contributed by atoms with Crippen molar-refractivity contribution in [1.29, 1.82) is 0 Å². The van der Waals surface area contributed by atoms with E-state index >= 15 is 0 Å². The summed E-state index contributed by atoms with van der Waals surface area (Å²) in [5.41, 5.74) is 0.938. The smallest absolute Gasteiger partial charge is 0.169 e. The number of ketones is 1. The first-order chi connectivity index (χ1) is 8.56. The van der Waals surface area contributed by atoms with Crippen LogP contribution in [0.15, 0.2) is 24.3 Å². The monoisotopic (exact) mass is 244 g/mol. The van der Waals surface area contributed by atoms with Crippen LogP contribution in [0.4, 0.5) is 0 Å². The third kappa shape index (κ3) is 1.54. The Hall–Kier alpha value is -2.07. The molecule has 0 amide bonds. The Morgan fingerprint density at radius 1 is 1.11 bits per heavy atom. The van der Waals surface area contributed by atoms with Gasteiger partial charge < -0.3 is 15.3 Å². The van der Waals surface area contributed by atoms with Crippen molar-refractivity contribution in [3.05, 3.63) is 35.4 Å². The largest absolute Gasteiger partial charge is 0.508 e. The number of rotatable bonds is 0. The predicted octanol–water partition coefficient (Wildman–Crippen LogP) is 1.74. The number of hydrogen-bond donors (Lipinski definition) is 3. The highest BCUT2D eigenvalue weighted by Crippen LogP contribution is 2.37. The molecule has 0 unspecified atom stereocenters. The molecule has 0 aliphatic heterocycles. The molecule has 3 rings (SSSR count). The van der Waals surface area contributed by atoms with Crippen LogP contribution in [-0.2, 0) is 6.42 Å². The van der Waals surface area contributed by atoms with Gasteiger partial charge in [-0.25, -0.2) is 0 Å². The maximum absolute atomic E-state index is 11.9. The van der Waals surface area contributed by atoms with Crippen LogP contribution in [0.5, 0.6) is 11.5 Å². The lowest BCUT2D eigenvalue weighted by atomic mass is 9.86. The van der Waals surface area contributed by atoms with Gasteiger partial charge in [0.25, 0.3) is 0 Å². The molecule has 0 heterocycles. The van der Waals surface area contributed by atoms with E-state index in [9.17, 15) is 20.1 Å². The Bertz CT molecular complexity index is 660. The van der Waals surface area contributed by atoms with Crippen LogP contribution in [-0.4, -0.2) is 27.2 Å². The van der Waals surface area contributed by atoms with E-state index in [0.717, 1.165) is 0 Å². The Labute approximate surface area is 103 Å². The maximum Gasteiger partial charge on any atom is 0.169 e. The molecule has 1 aliphatic rings. The zero-order valence-corrected chi connectivity index (χ0v) is 9.55. The summed E-state index contributed by atoms with van der Waals surface area (Å²) in [6, 6.07) is 6.32. The number of carbonyl (C=O) groups excluding carboxylic acids is 1. The number of phenolic OH excluding ortho intramolecular Hbond substituents is 2. The molecule has 0 radical (unpaired) electrons. The first-order valence-corrected chi connectivity index (χ1v) is 5.75. The molecule has 4 heteroatoms. The van der Waals surface area contributed by atoms with Gasteiger partial charge in [-0.1, -0.05) is 0 Å². The van der Waals surface area contributed by atoms with Gasteiger partial charge in [0.1, 0.15) is 11.5 Å². The lowest BCUT2D eigenvalue weighted by molar-refractivity contribution is 0.0850.